The van der Waals surface area contributed by atoms with Gasteiger partial charge >= 0.3 is 35.8 Å². The van der Waals surface area contributed by atoms with Gasteiger partial charge in [0, 0.05) is 0 Å². The van der Waals surface area contributed by atoms with Crippen molar-refractivity contribution in [2.75, 3.05) is 20.3 Å². The molecule has 0 spiro atoms. The van der Waals surface area contributed by atoms with Crippen molar-refractivity contribution in [2.24, 2.45) is 29.6 Å². The Morgan fingerprint density at radius 1 is 0.419 bits per heavy atom. The molecule has 0 bridgehead atoms. The van der Waals surface area contributed by atoms with Gasteiger partial charge in [0.05, 0.1) is 99.1 Å². The van der Waals surface area contributed by atoms with Gasteiger partial charge in [-0.1, -0.05) is 59.3 Å². The summed E-state index contributed by atoms with van der Waals surface area (Å²) < 4.78 is 94.5. The molecule has 35 nitrogen and oxygen atoms in total. The number of aliphatic hydroxyl groups excluding tert-OH is 13. The maximum atomic E-state index is 13.7. The molecular weight excluding hydrogens is 1400 g/mol. The van der Waals surface area contributed by atoms with E-state index in [1.807, 2.05) is 6.92 Å². The Labute approximate surface area is 612 Å². The third-order valence-corrected chi connectivity index (χ3v) is 20.4. The zero-order valence-electron chi connectivity index (χ0n) is 62.8. The quantitative estimate of drug-likeness (QED) is 0.0197. The lowest BCUT2D eigenvalue weighted by Gasteiger charge is -2.50. The van der Waals surface area contributed by atoms with Crippen LogP contribution in [0.1, 0.15) is 168 Å². The van der Waals surface area contributed by atoms with Gasteiger partial charge in [0.25, 0.3) is 0 Å². The molecule has 5 heterocycles. The minimum absolute atomic E-state index is 0.133. The van der Waals surface area contributed by atoms with Crippen LogP contribution in [-0.4, -0.2) is 313 Å². The van der Waals surface area contributed by atoms with Gasteiger partial charge in [-0.05, 0) is 102 Å². The van der Waals surface area contributed by atoms with E-state index in [1.54, 1.807) is 6.92 Å². The number of carbonyl (C=O) groups is 6. The number of rotatable bonds is 39. The van der Waals surface area contributed by atoms with Crippen molar-refractivity contribution in [1.82, 2.24) is 0 Å². The van der Waals surface area contributed by atoms with Gasteiger partial charge in [-0.25, -0.2) is 0 Å². The molecule has 35 heteroatoms. The first-order valence-electron chi connectivity index (χ1n) is 36.7. The van der Waals surface area contributed by atoms with Gasteiger partial charge in [0.15, 0.2) is 49.8 Å². The SMILES string of the molecule is CCC[C@@H](CCCCCCC[C@H](O)CC(=O)OC)O[C@@H]1O[C@H](CO[C@@H]2O[C@@H](C)[C@H](OC(=O)[C@H](C)[C@@H](C)OC(=O)[C@H](C)[C@@H](C)O)[C@@H](O)[C@H]2O)[C@@H](O)[C@H](O)[C@H]1O[C@@H]1O[C@H](CO)[C@@H](O)[C@H](O)[C@H]1O[C@@H]1O[C@@H](C)[C@H](O[C@@H]2O[C@H](C)[C@@H](OC(=O)[C@H](C)[C@@H](C)OC(=O)[C@H](C)[C@@H](C)O)[C@H](O)[C@H]2O)[C@@H](OC(=O)[C@@H](C)CC)[C@H]1O. The fourth-order valence-electron chi connectivity index (χ4n) is 12.2. The summed E-state index contributed by atoms with van der Waals surface area (Å²) in [6.45, 7) is 19.0. The van der Waals surface area contributed by atoms with E-state index < -0.39 is 269 Å². The minimum Gasteiger partial charge on any atom is -0.469 e. The highest BCUT2D eigenvalue weighted by molar-refractivity contribution is 5.77. The van der Waals surface area contributed by atoms with E-state index in [0.29, 0.717) is 44.9 Å². The molecule has 0 aliphatic carbocycles. The van der Waals surface area contributed by atoms with Crippen LogP contribution in [0.5, 0.6) is 0 Å². The maximum absolute atomic E-state index is 13.7. The standard InChI is InChI=1S/C70H120O35/c1-16-23-42(25-22-20-18-19-21-24-41(74)26-45(75)90-15)97-69-59(49(79)47(77)44(99-69)28-91-66-52(82)50(80)55(38(12)94-66)100-64(88)32(6)36(10)92-62(86)30(4)34(8)72)105-70-60(48(78)46(76)43(27-71)98-70)104-68-54(84)58(102-61(85)29(3)17-2)57(40(14)96-68)103-67-53(83)51(81)56(39(13)95-67)101-65(89)33(7)37(11)93-63(87)31(5)35(9)73/h29-44,46-60,66-74,76-84H,16-28H2,1-15H3/t29-,30+,31+,32+,33+,34+,35+,36+,37+,38-,39+,40-,41-,42-,43+,44+,46+,47+,48-,49-,50-,51+,52+,53+,54+,55-,56+,57-,58-,59+,60+,66+,67-,68-,69+,70-/m0/s1. The molecule has 5 fully saturated rings. The molecule has 0 aromatic carbocycles. The van der Waals surface area contributed by atoms with Gasteiger partial charge < -0.3 is 142 Å². The molecule has 0 amide bonds. The predicted molar refractivity (Wildman–Crippen MR) is 357 cm³/mol. The number of methoxy groups -OCH3 is 1. The summed E-state index contributed by atoms with van der Waals surface area (Å²) in [7, 11) is 1.24. The molecule has 5 rings (SSSR count). The van der Waals surface area contributed by atoms with Gasteiger partial charge in [0.2, 0.25) is 0 Å². The average Bonchev–Trinajstić information content (AvgIpc) is 0.773. The van der Waals surface area contributed by atoms with E-state index in [-0.39, 0.29) is 12.8 Å². The Bertz CT molecular complexity index is 2640. The van der Waals surface area contributed by atoms with Gasteiger partial charge in [-0.2, -0.15) is 0 Å². The molecule has 610 valence electrons. The smallest absolute Gasteiger partial charge is 0.312 e. The van der Waals surface area contributed by atoms with Crippen LogP contribution in [0.4, 0.5) is 0 Å². The fraction of sp³-hybridized carbons (Fsp3) is 0.914. The van der Waals surface area contributed by atoms with Gasteiger partial charge in [-0.3, -0.25) is 28.8 Å². The number of carbonyl (C=O) groups excluding carboxylic acids is 6. The van der Waals surface area contributed by atoms with Crippen LogP contribution in [0.2, 0.25) is 0 Å². The molecule has 13 N–H and O–H groups in total. The van der Waals surface area contributed by atoms with E-state index in [1.165, 1.54) is 90.2 Å². The highest BCUT2D eigenvalue weighted by Gasteiger charge is 2.58. The number of hydrogen-bond acceptors (Lipinski definition) is 35. The Morgan fingerprint density at radius 3 is 1.33 bits per heavy atom. The third kappa shape index (κ3) is 24.9. The van der Waals surface area contributed by atoms with Crippen molar-refractivity contribution in [3.05, 3.63) is 0 Å². The number of esters is 6. The minimum atomic E-state index is -2.12. The molecular formula is C70H120O35. The maximum Gasteiger partial charge on any atom is 0.312 e. The first-order chi connectivity index (χ1) is 49.3. The topological polar surface area (TPSA) is 513 Å². The molecule has 0 aromatic rings. The second-order valence-electron chi connectivity index (χ2n) is 28.7. The Balaban J connectivity index is 1.39. The fourth-order valence-corrected chi connectivity index (χ4v) is 12.2. The number of aliphatic hydroxyl groups is 13. The Hall–Kier alpha value is -4.10. The number of unbranched alkanes of at least 4 members (excludes halogenated alkanes) is 4. The predicted octanol–water partition coefficient (Wildman–Crippen LogP) is -1.13. The monoisotopic (exact) mass is 1520 g/mol. The highest BCUT2D eigenvalue weighted by Crippen LogP contribution is 2.38. The molecule has 0 unspecified atom stereocenters. The third-order valence-electron chi connectivity index (χ3n) is 20.4. The number of ether oxygens (including phenoxy) is 16. The lowest BCUT2D eigenvalue weighted by molar-refractivity contribution is -0.401. The van der Waals surface area contributed by atoms with Gasteiger partial charge in [-0.15, -0.1) is 0 Å². The lowest BCUT2D eigenvalue weighted by Crippen LogP contribution is -2.68. The average molecular weight is 1520 g/mol. The molecule has 0 aromatic heterocycles. The summed E-state index contributed by atoms with van der Waals surface area (Å²) in [5, 5.41) is 146. The summed E-state index contributed by atoms with van der Waals surface area (Å²) in [6, 6.07) is 0. The normalized spacial score (nSPS) is 37.0. The van der Waals surface area contributed by atoms with E-state index >= 15 is 0 Å². The van der Waals surface area contributed by atoms with Crippen LogP contribution in [0.3, 0.4) is 0 Å². The van der Waals surface area contributed by atoms with Crippen molar-refractivity contribution in [1.29, 1.82) is 0 Å². The zero-order chi connectivity index (χ0) is 78.8. The first kappa shape index (κ1) is 91.5. The van der Waals surface area contributed by atoms with E-state index in [4.69, 9.17) is 71.1 Å². The van der Waals surface area contributed by atoms with Crippen LogP contribution in [0, 0.1) is 29.6 Å². The van der Waals surface area contributed by atoms with Gasteiger partial charge in [0.1, 0.15) is 97.7 Å². The van der Waals surface area contributed by atoms with E-state index in [0.717, 1.165) is 12.8 Å². The summed E-state index contributed by atoms with van der Waals surface area (Å²) in [5.74, 6) is -9.62. The summed E-state index contributed by atoms with van der Waals surface area (Å²) in [5.41, 5.74) is 0. The molecule has 105 heavy (non-hydrogen) atoms. The lowest BCUT2D eigenvalue weighted by atomic mass is 9.95. The summed E-state index contributed by atoms with van der Waals surface area (Å²) >= 11 is 0. The second kappa shape index (κ2) is 42.9. The molecule has 0 radical (unpaired) electrons. The van der Waals surface area contributed by atoms with Crippen LogP contribution >= 0.6 is 0 Å². The zero-order valence-corrected chi connectivity index (χ0v) is 62.8. The van der Waals surface area contributed by atoms with Crippen LogP contribution < -0.4 is 0 Å². The van der Waals surface area contributed by atoms with Crippen LogP contribution in [-0.2, 0) is 105 Å². The molecule has 5 aliphatic heterocycles. The highest BCUT2D eigenvalue weighted by atomic mass is 16.8. The summed E-state index contributed by atoms with van der Waals surface area (Å²) in [4.78, 5) is 77.2. The van der Waals surface area contributed by atoms with E-state index in [2.05, 4.69) is 4.74 Å². The molecule has 36 atom stereocenters. The first-order valence-corrected chi connectivity index (χ1v) is 36.7. The van der Waals surface area contributed by atoms with Crippen molar-refractivity contribution >= 4 is 35.8 Å². The van der Waals surface area contributed by atoms with Crippen molar-refractivity contribution in [3.8, 4) is 0 Å². The largest absolute Gasteiger partial charge is 0.469 e. The van der Waals surface area contributed by atoms with Crippen LogP contribution in [0.15, 0.2) is 0 Å². The van der Waals surface area contributed by atoms with Crippen molar-refractivity contribution in [3.63, 3.8) is 0 Å². The van der Waals surface area contributed by atoms with Crippen molar-refractivity contribution < 1.29 is 171 Å². The molecule has 5 aliphatic rings. The van der Waals surface area contributed by atoms with Crippen LogP contribution in [0.25, 0.3) is 0 Å². The van der Waals surface area contributed by atoms with E-state index in [9.17, 15) is 95.2 Å². The Kier molecular flexibility index (Phi) is 37.4. The second-order valence-corrected chi connectivity index (χ2v) is 28.7. The molecule has 5 saturated heterocycles. The molecule has 0 saturated carbocycles. The Morgan fingerprint density at radius 2 is 0.838 bits per heavy atom. The summed E-state index contributed by atoms with van der Waals surface area (Å²) in [6.07, 6.45) is -45.0. The number of hydrogen-bond donors (Lipinski definition) is 13. The van der Waals surface area contributed by atoms with Crippen molar-refractivity contribution in [2.45, 2.75) is 358 Å².